The molecule has 1 atom stereocenters. The van der Waals surface area contributed by atoms with E-state index in [0.717, 1.165) is 28.1 Å². The van der Waals surface area contributed by atoms with Crippen LogP contribution in [0.1, 0.15) is 24.1 Å². The minimum atomic E-state index is -4.76. The number of benzene rings is 2. The molecule has 1 N–H and O–H groups in total. The molecule has 1 saturated heterocycles. The van der Waals surface area contributed by atoms with Crippen LogP contribution in [0.5, 0.6) is 0 Å². The molecule has 1 heterocycles. The van der Waals surface area contributed by atoms with Gasteiger partial charge in [0.05, 0.1) is 23.0 Å². The molecule has 0 aromatic heterocycles. The molecule has 0 unspecified atom stereocenters. The number of piperazine rings is 1. The van der Waals surface area contributed by atoms with E-state index >= 15 is 0 Å². The molecule has 10 heteroatoms. The molecule has 6 nitrogen and oxygen atoms in total. The highest BCUT2D eigenvalue weighted by atomic mass is 32.2. The molecule has 1 amide bonds. The van der Waals surface area contributed by atoms with Gasteiger partial charge in [0.15, 0.2) is 0 Å². The number of nitrogens with zero attached hydrogens (tertiary/aromatic N) is 2. The molecule has 2 aromatic rings. The van der Waals surface area contributed by atoms with E-state index in [-0.39, 0.29) is 44.7 Å². The summed E-state index contributed by atoms with van der Waals surface area (Å²) in [6.07, 6.45) is -4.76. The fourth-order valence-corrected chi connectivity index (χ4v) is 5.14. The van der Waals surface area contributed by atoms with Crippen LogP contribution in [0.4, 0.5) is 13.2 Å². The van der Waals surface area contributed by atoms with Gasteiger partial charge < -0.3 is 5.32 Å². The summed E-state index contributed by atoms with van der Waals surface area (Å²) in [4.78, 5) is 13.4. The van der Waals surface area contributed by atoms with Gasteiger partial charge in [-0.2, -0.15) is 17.5 Å². The predicted octanol–water partition coefficient (Wildman–Crippen LogP) is 2.89. The summed E-state index contributed by atoms with van der Waals surface area (Å²) in [5.74, 6) is -0.199. The first-order chi connectivity index (χ1) is 14.6. The second-order valence-corrected chi connectivity index (χ2v) is 9.28. The zero-order valence-corrected chi connectivity index (χ0v) is 17.8. The van der Waals surface area contributed by atoms with Gasteiger partial charge in [0.2, 0.25) is 15.9 Å². The number of sulfonamides is 1. The van der Waals surface area contributed by atoms with Gasteiger partial charge in [0.25, 0.3) is 0 Å². The maximum absolute atomic E-state index is 13.2. The third kappa shape index (κ3) is 5.63. The molecule has 0 spiro atoms. The molecule has 0 bridgehead atoms. The first-order valence-electron chi connectivity index (χ1n) is 9.82. The van der Waals surface area contributed by atoms with Gasteiger partial charge in [-0.3, -0.25) is 9.69 Å². The van der Waals surface area contributed by atoms with Crippen LogP contribution in [0.15, 0.2) is 59.5 Å². The summed E-state index contributed by atoms with van der Waals surface area (Å²) in [6, 6.07) is 13.5. The normalized spacial score (nSPS) is 17.3. The maximum Gasteiger partial charge on any atom is 0.417 e. The summed E-state index contributed by atoms with van der Waals surface area (Å²) in [5.41, 5.74) is -0.207. The van der Waals surface area contributed by atoms with Crippen molar-refractivity contribution in [1.29, 1.82) is 0 Å². The fraction of sp³-hybridized carbons (Fsp3) is 0.381. The maximum atomic E-state index is 13.2. The van der Waals surface area contributed by atoms with Crippen molar-refractivity contribution in [3.8, 4) is 0 Å². The minimum Gasteiger partial charge on any atom is -0.348 e. The Balaban J connectivity index is 1.59. The van der Waals surface area contributed by atoms with Crippen molar-refractivity contribution in [1.82, 2.24) is 14.5 Å². The predicted molar refractivity (Wildman–Crippen MR) is 110 cm³/mol. The van der Waals surface area contributed by atoms with E-state index in [2.05, 4.69) is 5.32 Å². The van der Waals surface area contributed by atoms with Crippen LogP contribution in [-0.2, 0) is 21.0 Å². The first kappa shape index (κ1) is 23.2. The van der Waals surface area contributed by atoms with Crippen molar-refractivity contribution in [2.75, 3.05) is 32.7 Å². The summed E-state index contributed by atoms with van der Waals surface area (Å²) < 4.78 is 66.4. The Bertz CT molecular complexity index is 1010. The van der Waals surface area contributed by atoms with Crippen molar-refractivity contribution >= 4 is 15.9 Å². The lowest BCUT2D eigenvalue weighted by atomic mass is 10.1. The Morgan fingerprint density at radius 2 is 1.58 bits per heavy atom. The molecular weight excluding hydrogens is 431 g/mol. The Morgan fingerprint density at radius 1 is 1.00 bits per heavy atom. The quantitative estimate of drug-likeness (QED) is 0.727. The second-order valence-electron chi connectivity index (χ2n) is 7.37. The molecule has 1 aliphatic rings. The second kappa shape index (κ2) is 9.37. The van der Waals surface area contributed by atoms with Crippen LogP contribution < -0.4 is 5.32 Å². The number of rotatable bonds is 6. The van der Waals surface area contributed by atoms with E-state index < -0.39 is 26.7 Å². The molecule has 0 saturated carbocycles. The number of carbonyl (C=O) groups excluding carboxylic acids is 1. The van der Waals surface area contributed by atoms with Gasteiger partial charge in [0, 0.05) is 26.2 Å². The first-order valence-corrected chi connectivity index (χ1v) is 11.3. The van der Waals surface area contributed by atoms with Gasteiger partial charge in [0.1, 0.15) is 0 Å². The Labute approximate surface area is 179 Å². The van der Waals surface area contributed by atoms with Crippen LogP contribution >= 0.6 is 0 Å². The number of carbonyl (C=O) groups is 1. The van der Waals surface area contributed by atoms with E-state index in [0.29, 0.717) is 0 Å². The lowest BCUT2D eigenvalue weighted by molar-refractivity contribution is -0.140. The van der Waals surface area contributed by atoms with Gasteiger partial charge >= 0.3 is 6.18 Å². The molecule has 1 aliphatic heterocycles. The SMILES string of the molecule is C[C@H](NC(=O)CN1CCN(S(=O)(=O)c2ccccc2C(F)(F)F)CC1)c1ccccc1. The lowest BCUT2D eigenvalue weighted by Gasteiger charge is -2.34. The average molecular weight is 456 g/mol. The minimum absolute atomic E-state index is 0.00996. The van der Waals surface area contributed by atoms with Crippen LogP contribution in [0.3, 0.4) is 0 Å². The van der Waals surface area contributed by atoms with Crippen LogP contribution in [0, 0.1) is 0 Å². The highest BCUT2D eigenvalue weighted by Crippen LogP contribution is 2.35. The zero-order chi connectivity index (χ0) is 22.6. The summed E-state index contributed by atoms with van der Waals surface area (Å²) >= 11 is 0. The van der Waals surface area contributed by atoms with Gasteiger partial charge in [-0.05, 0) is 24.6 Å². The van der Waals surface area contributed by atoms with Crippen LogP contribution in [-0.4, -0.2) is 56.3 Å². The molecule has 31 heavy (non-hydrogen) atoms. The summed E-state index contributed by atoms with van der Waals surface area (Å²) in [7, 11) is -4.30. The summed E-state index contributed by atoms with van der Waals surface area (Å²) in [5, 5.41) is 2.90. The smallest absolute Gasteiger partial charge is 0.348 e. The molecule has 3 rings (SSSR count). The van der Waals surface area contributed by atoms with Crippen LogP contribution in [0.2, 0.25) is 0 Å². The molecular formula is C21H24F3N3O3S. The molecule has 2 aromatic carbocycles. The van der Waals surface area contributed by atoms with E-state index in [9.17, 15) is 26.4 Å². The number of nitrogens with one attached hydrogen (secondary N) is 1. The number of alkyl halides is 3. The van der Waals surface area contributed by atoms with Crippen molar-refractivity contribution in [3.63, 3.8) is 0 Å². The Hall–Kier alpha value is -2.43. The molecule has 0 radical (unpaired) electrons. The average Bonchev–Trinajstić information content (AvgIpc) is 2.74. The van der Waals surface area contributed by atoms with Gasteiger partial charge in [-0.25, -0.2) is 8.42 Å². The standard InChI is InChI=1S/C21H24F3N3O3S/c1-16(17-7-3-2-4-8-17)25-20(28)15-26-11-13-27(14-12-26)31(29,30)19-10-6-5-9-18(19)21(22,23)24/h2-10,16H,11-15H2,1H3,(H,25,28)/t16-/m0/s1. The number of amides is 1. The monoisotopic (exact) mass is 455 g/mol. The van der Waals surface area contributed by atoms with Crippen molar-refractivity contribution in [2.45, 2.75) is 24.0 Å². The van der Waals surface area contributed by atoms with E-state index in [4.69, 9.17) is 0 Å². The van der Waals surface area contributed by atoms with E-state index in [1.807, 2.05) is 37.3 Å². The third-order valence-electron chi connectivity index (χ3n) is 5.19. The zero-order valence-electron chi connectivity index (χ0n) is 17.0. The number of hydrogen-bond donors (Lipinski definition) is 1. The number of halogens is 3. The van der Waals surface area contributed by atoms with Crippen LogP contribution in [0.25, 0.3) is 0 Å². The summed E-state index contributed by atoms with van der Waals surface area (Å²) in [6.45, 7) is 2.48. The van der Waals surface area contributed by atoms with Crippen molar-refractivity contribution in [3.05, 3.63) is 65.7 Å². The Morgan fingerprint density at radius 3 is 2.19 bits per heavy atom. The van der Waals surface area contributed by atoms with E-state index in [1.54, 1.807) is 4.90 Å². The largest absolute Gasteiger partial charge is 0.417 e. The molecule has 0 aliphatic carbocycles. The third-order valence-corrected chi connectivity index (χ3v) is 7.14. The fourth-order valence-electron chi connectivity index (χ4n) is 3.51. The number of hydrogen-bond acceptors (Lipinski definition) is 4. The van der Waals surface area contributed by atoms with Crippen molar-refractivity contribution < 1.29 is 26.4 Å². The van der Waals surface area contributed by atoms with Gasteiger partial charge in [-0.1, -0.05) is 42.5 Å². The van der Waals surface area contributed by atoms with Crippen molar-refractivity contribution in [2.24, 2.45) is 0 Å². The van der Waals surface area contributed by atoms with E-state index in [1.165, 1.54) is 6.07 Å². The van der Waals surface area contributed by atoms with Gasteiger partial charge in [-0.15, -0.1) is 0 Å². The highest BCUT2D eigenvalue weighted by molar-refractivity contribution is 7.89. The highest BCUT2D eigenvalue weighted by Gasteiger charge is 2.39. The topological polar surface area (TPSA) is 69.7 Å². The Kier molecular flexibility index (Phi) is 7.03. The molecule has 1 fully saturated rings. The molecule has 168 valence electrons. The lowest BCUT2D eigenvalue weighted by Crippen LogP contribution is -2.51.